The predicted molar refractivity (Wildman–Crippen MR) is 123 cm³/mol. The number of thiocarbonyl (C=S) groups is 1. The van der Waals surface area contributed by atoms with Gasteiger partial charge in [-0.25, -0.2) is 0 Å². The number of nitrogens with one attached hydrogen (secondary N) is 1. The molecule has 2 heterocycles. The van der Waals surface area contributed by atoms with Gasteiger partial charge in [-0.2, -0.15) is 0 Å². The minimum Gasteiger partial charge on any atom is -0.545 e. The number of aromatic carboxylic acids is 1. The summed E-state index contributed by atoms with van der Waals surface area (Å²) >= 11 is 11.2. The van der Waals surface area contributed by atoms with Gasteiger partial charge in [-0.3, -0.25) is 19.8 Å². The van der Waals surface area contributed by atoms with Crippen molar-refractivity contribution in [2.45, 2.75) is 0 Å². The summed E-state index contributed by atoms with van der Waals surface area (Å²) in [6, 6.07) is 14.0. The molecular weight excluding hydrogens is 468 g/mol. The Labute approximate surface area is 198 Å². The average Bonchev–Trinajstić information content (AvgIpc) is 3.25. The number of carboxylic acids is 1. The molecule has 2 aromatic carbocycles. The van der Waals surface area contributed by atoms with Crippen molar-refractivity contribution in [1.29, 1.82) is 0 Å². The molecule has 1 saturated heterocycles. The van der Waals surface area contributed by atoms with Crippen molar-refractivity contribution >= 4 is 58.5 Å². The van der Waals surface area contributed by atoms with E-state index in [0.717, 1.165) is 0 Å². The minimum atomic E-state index is -1.39. The molecule has 0 aliphatic carbocycles. The van der Waals surface area contributed by atoms with Crippen molar-refractivity contribution in [1.82, 2.24) is 5.32 Å². The number of methoxy groups -OCH3 is 1. The fourth-order valence-electron chi connectivity index (χ4n) is 3.18. The van der Waals surface area contributed by atoms with Gasteiger partial charge in [0.2, 0.25) is 0 Å². The van der Waals surface area contributed by atoms with Crippen molar-refractivity contribution in [2.24, 2.45) is 0 Å². The van der Waals surface area contributed by atoms with E-state index in [-0.39, 0.29) is 27.0 Å². The molecule has 0 unspecified atom stereocenters. The van der Waals surface area contributed by atoms with E-state index in [4.69, 9.17) is 33.0 Å². The smallest absolute Gasteiger partial charge is 0.270 e. The first-order valence-corrected chi connectivity index (χ1v) is 10.2. The molecule has 8 nitrogen and oxygen atoms in total. The van der Waals surface area contributed by atoms with Gasteiger partial charge in [0.1, 0.15) is 22.8 Å². The molecule has 1 fully saturated rings. The number of anilines is 1. The second-order valence-corrected chi connectivity index (χ2v) is 7.63. The average molecular weight is 482 g/mol. The first-order chi connectivity index (χ1) is 15.8. The maximum Gasteiger partial charge on any atom is 0.270 e. The molecule has 0 saturated carbocycles. The first-order valence-electron chi connectivity index (χ1n) is 9.45. The third-order valence-corrected chi connectivity index (χ3v) is 5.42. The zero-order valence-corrected chi connectivity index (χ0v) is 18.5. The molecule has 0 spiro atoms. The molecule has 2 amide bonds. The third-order valence-electron chi connectivity index (χ3n) is 4.82. The molecule has 0 bridgehead atoms. The quantitative estimate of drug-likeness (QED) is 0.339. The van der Waals surface area contributed by atoms with E-state index in [1.807, 2.05) is 0 Å². The van der Waals surface area contributed by atoms with E-state index in [1.165, 1.54) is 36.3 Å². The summed E-state index contributed by atoms with van der Waals surface area (Å²) in [6.45, 7) is 0. The SMILES string of the molecule is COc1ccc(N2C(=O)/C(=C/c3ccc(-c4ccc(C(=O)[O-])c(Cl)c4)o3)C(=O)NC2=S)cc1. The summed E-state index contributed by atoms with van der Waals surface area (Å²) < 4.78 is 10.8. The third kappa shape index (κ3) is 4.36. The number of carboxylic acid groups (broad SMARTS) is 1. The van der Waals surface area contributed by atoms with Gasteiger partial charge in [-0.15, -0.1) is 0 Å². The maximum absolute atomic E-state index is 13.1. The summed E-state index contributed by atoms with van der Waals surface area (Å²) in [5, 5.41) is 13.5. The second-order valence-electron chi connectivity index (χ2n) is 6.84. The van der Waals surface area contributed by atoms with Gasteiger partial charge in [0.05, 0.1) is 23.8 Å². The lowest BCUT2D eigenvalue weighted by atomic mass is 10.1. The number of hydrogen-bond acceptors (Lipinski definition) is 7. The maximum atomic E-state index is 13.1. The minimum absolute atomic E-state index is 0.00529. The lowest BCUT2D eigenvalue weighted by molar-refractivity contribution is -0.255. The second kappa shape index (κ2) is 8.89. The zero-order valence-electron chi connectivity index (χ0n) is 17.0. The standard InChI is InChI=1S/C23H15ClN2O6S/c1-31-14-5-3-13(4-6-14)26-21(28)17(20(27)25-23(26)33)11-15-7-9-19(32-15)12-2-8-16(22(29)30)18(24)10-12/h2-11H,1H3,(H,29,30)(H,25,27,33)/p-1/b17-11+. The lowest BCUT2D eigenvalue weighted by Gasteiger charge is -2.28. The number of nitrogens with zero attached hydrogens (tertiary/aromatic N) is 1. The molecule has 1 aliphatic rings. The normalized spacial score (nSPS) is 15.0. The molecule has 0 atom stereocenters. The van der Waals surface area contributed by atoms with E-state index >= 15 is 0 Å². The van der Waals surface area contributed by atoms with Crippen LogP contribution in [0.1, 0.15) is 16.1 Å². The highest BCUT2D eigenvalue weighted by Gasteiger charge is 2.34. The van der Waals surface area contributed by atoms with Gasteiger partial charge in [-0.1, -0.05) is 23.7 Å². The molecule has 4 rings (SSSR count). The lowest BCUT2D eigenvalue weighted by Crippen LogP contribution is -2.54. The van der Waals surface area contributed by atoms with Crippen molar-refractivity contribution < 1.29 is 28.6 Å². The topological polar surface area (TPSA) is 112 Å². The van der Waals surface area contributed by atoms with Gasteiger partial charge in [0.25, 0.3) is 11.8 Å². The fourth-order valence-corrected chi connectivity index (χ4v) is 3.72. The van der Waals surface area contributed by atoms with Crippen molar-refractivity contribution in [3.63, 3.8) is 0 Å². The number of amides is 2. The Morgan fingerprint density at radius 1 is 1.15 bits per heavy atom. The Morgan fingerprint density at radius 2 is 1.88 bits per heavy atom. The summed E-state index contributed by atoms with van der Waals surface area (Å²) in [7, 11) is 1.52. The van der Waals surface area contributed by atoms with Crippen LogP contribution in [0.3, 0.4) is 0 Å². The molecule has 1 aromatic heterocycles. The summed E-state index contributed by atoms with van der Waals surface area (Å²) in [6.07, 6.45) is 1.30. The molecule has 0 radical (unpaired) electrons. The Morgan fingerprint density at radius 3 is 2.52 bits per heavy atom. The molecule has 1 aliphatic heterocycles. The Hall–Kier alpha value is -3.95. The molecule has 33 heavy (non-hydrogen) atoms. The van der Waals surface area contributed by atoms with Crippen LogP contribution in [0.5, 0.6) is 5.75 Å². The number of halogens is 1. The number of hydrogen-bond donors (Lipinski definition) is 1. The summed E-state index contributed by atoms with van der Waals surface area (Å²) in [4.78, 5) is 37.8. The largest absolute Gasteiger partial charge is 0.545 e. The van der Waals surface area contributed by atoms with Gasteiger partial charge in [-0.05, 0) is 60.8 Å². The fraction of sp³-hybridized carbons (Fsp3) is 0.0435. The van der Waals surface area contributed by atoms with Crippen molar-refractivity contribution in [3.8, 4) is 17.1 Å². The number of rotatable bonds is 5. The number of furan rings is 1. The molecular formula is C23H14ClN2O6S-. The van der Waals surface area contributed by atoms with Crippen LogP contribution in [0.2, 0.25) is 5.02 Å². The Balaban J connectivity index is 1.64. The molecule has 10 heteroatoms. The van der Waals surface area contributed by atoms with Crippen LogP contribution < -0.4 is 20.1 Å². The van der Waals surface area contributed by atoms with Crippen LogP contribution in [0.15, 0.2) is 64.6 Å². The number of benzene rings is 2. The van der Waals surface area contributed by atoms with Crippen LogP contribution in [0.25, 0.3) is 17.4 Å². The van der Waals surface area contributed by atoms with Gasteiger partial charge >= 0.3 is 0 Å². The summed E-state index contributed by atoms with van der Waals surface area (Å²) in [5.41, 5.74) is 0.647. The van der Waals surface area contributed by atoms with E-state index in [2.05, 4.69) is 5.32 Å². The van der Waals surface area contributed by atoms with Crippen molar-refractivity contribution in [2.75, 3.05) is 12.0 Å². The Kier molecular flexibility index (Phi) is 5.99. The molecule has 166 valence electrons. The number of carbonyl (C=O) groups excluding carboxylic acids is 3. The van der Waals surface area contributed by atoms with E-state index in [0.29, 0.717) is 22.8 Å². The monoisotopic (exact) mass is 481 g/mol. The number of ether oxygens (including phenoxy) is 1. The highest BCUT2D eigenvalue weighted by molar-refractivity contribution is 7.80. The highest BCUT2D eigenvalue weighted by atomic mass is 35.5. The van der Waals surface area contributed by atoms with Crippen LogP contribution >= 0.6 is 23.8 Å². The Bertz CT molecular complexity index is 1330. The van der Waals surface area contributed by atoms with Crippen LogP contribution in [0, 0.1) is 0 Å². The first kappa shape index (κ1) is 22.3. The number of carbonyl (C=O) groups is 3. The van der Waals surface area contributed by atoms with Gasteiger partial charge in [0, 0.05) is 11.1 Å². The van der Waals surface area contributed by atoms with Crippen LogP contribution in [0.4, 0.5) is 5.69 Å². The van der Waals surface area contributed by atoms with Gasteiger partial charge < -0.3 is 19.1 Å². The van der Waals surface area contributed by atoms with Gasteiger partial charge in [0.15, 0.2) is 5.11 Å². The molecule has 3 aromatic rings. The van der Waals surface area contributed by atoms with Crippen LogP contribution in [-0.2, 0) is 9.59 Å². The van der Waals surface area contributed by atoms with Crippen molar-refractivity contribution in [3.05, 3.63) is 76.5 Å². The van der Waals surface area contributed by atoms with E-state index in [1.54, 1.807) is 36.4 Å². The van der Waals surface area contributed by atoms with E-state index in [9.17, 15) is 19.5 Å². The highest BCUT2D eigenvalue weighted by Crippen LogP contribution is 2.29. The molecule has 1 N–H and O–H groups in total. The van der Waals surface area contributed by atoms with E-state index < -0.39 is 17.8 Å². The van der Waals surface area contributed by atoms with Crippen LogP contribution in [-0.4, -0.2) is 30.0 Å². The predicted octanol–water partition coefficient (Wildman–Crippen LogP) is 2.80. The summed E-state index contributed by atoms with van der Waals surface area (Å²) in [5.74, 6) is -1.48. The zero-order chi connectivity index (χ0) is 23.7.